The third-order valence-electron chi connectivity index (χ3n) is 6.01. The molecule has 0 amide bonds. The summed E-state index contributed by atoms with van der Waals surface area (Å²) in [6, 6.07) is 8.16. The number of ether oxygens (including phenoxy) is 1. The predicted octanol–water partition coefficient (Wildman–Crippen LogP) is 4.13. The zero-order chi connectivity index (χ0) is 18.6. The van der Waals surface area contributed by atoms with E-state index in [0.717, 1.165) is 62.2 Å². The standard InChI is InChI=1S/C22H31N3O2/c1-2-3-12-24-14-9-17(10-15-24)16-27-22(26)20-18-7-4-5-8-19(18)25-13-6-11-23-21(20)25/h4-5,7-8,17,23H,2-3,6,9-16H2,1H3. The summed E-state index contributed by atoms with van der Waals surface area (Å²) in [7, 11) is 0. The summed E-state index contributed by atoms with van der Waals surface area (Å²) in [5, 5.41) is 4.42. The monoisotopic (exact) mass is 369 g/mol. The molecule has 146 valence electrons. The first-order chi connectivity index (χ1) is 13.3. The summed E-state index contributed by atoms with van der Waals surface area (Å²) in [5.74, 6) is 1.24. The molecule has 0 spiro atoms. The van der Waals surface area contributed by atoms with Crippen LogP contribution < -0.4 is 5.32 Å². The first-order valence-electron chi connectivity index (χ1n) is 10.5. The van der Waals surface area contributed by atoms with Crippen molar-refractivity contribution >= 4 is 22.7 Å². The van der Waals surface area contributed by atoms with Gasteiger partial charge in [0.05, 0.1) is 12.1 Å². The highest BCUT2D eigenvalue weighted by Gasteiger charge is 2.26. The summed E-state index contributed by atoms with van der Waals surface area (Å²) in [5.41, 5.74) is 1.83. The minimum atomic E-state index is -0.178. The third kappa shape index (κ3) is 3.84. The summed E-state index contributed by atoms with van der Waals surface area (Å²) >= 11 is 0. The van der Waals surface area contributed by atoms with E-state index in [1.54, 1.807) is 0 Å². The lowest BCUT2D eigenvalue weighted by Gasteiger charge is -2.31. The quantitative estimate of drug-likeness (QED) is 0.778. The fourth-order valence-corrected chi connectivity index (χ4v) is 4.39. The van der Waals surface area contributed by atoms with Crippen molar-refractivity contribution in [1.29, 1.82) is 0 Å². The summed E-state index contributed by atoms with van der Waals surface area (Å²) in [4.78, 5) is 15.5. The smallest absolute Gasteiger partial charge is 0.342 e. The number of benzene rings is 1. The Kier molecular flexibility index (Phi) is 5.67. The maximum atomic E-state index is 13.0. The van der Waals surface area contributed by atoms with Gasteiger partial charge in [0.2, 0.25) is 0 Å². The Hall–Kier alpha value is -2.01. The van der Waals surface area contributed by atoms with E-state index in [1.165, 1.54) is 19.4 Å². The zero-order valence-electron chi connectivity index (χ0n) is 16.4. The predicted molar refractivity (Wildman–Crippen MR) is 109 cm³/mol. The van der Waals surface area contributed by atoms with Gasteiger partial charge in [0.15, 0.2) is 0 Å². The van der Waals surface area contributed by atoms with Gasteiger partial charge in [0, 0.05) is 18.5 Å². The molecule has 0 aliphatic carbocycles. The number of aryl methyl sites for hydroxylation is 1. The van der Waals surface area contributed by atoms with Crippen LogP contribution in [0.15, 0.2) is 24.3 Å². The SMILES string of the molecule is CCCCN1CCC(COC(=O)c2c3n(c4ccccc24)CCCN3)CC1. The third-order valence-corrected chi connectivity index (χ3v) is 6.01. The highest BCUT2D eigenvalue weighted by molar-refractivity contribution is 6.09. The second-order valence-electron chi connectivity index (χ2n) is 7.91. The van der Waals surface area contributed by atoms with Crippen molar-refractivity contribution in [2.75, 3.05) is 38.1 Å². The number of piperidine rings is 1. The largest absolute Gasteiger partial charge is 0.462 e. The number of nitrogens with one attached hydrogen (secondary N) is 1. The molecular weight excluding hydrogens is 338 g/mol. The van der Waals surface area contributed by atoms with Crippen molar-refractivity contribution in [2.45, 2.75) is 45.6 Å². The molecule has 27 heavy (non-hydrogen) atoms. The molecule has 0 unspecified atom stereocenters. The molecule has 1 aromatic carbocycles. The molecule has 2 aromatic rings. The number of hydrogen-bond donors (Lipinski definition) is 1. The second kappa shape index (κ2) is 8.34. The topological polar surface area (TPSA) is 46.5 Å². The van der Waals surface area contributed by atoms with Crippen LogP contribution in [0.3, 0.4) is 0 Å². The number of unbranched alkanes of at least 4 members (excludes halogenated alkanes) is 1. The molecule has 4 rings (SSSR count). The molecular formula is C22H31N3O2. The molecule has 1 aromatic heterocycles. The van der Waals surface area contributed by atoms with Crippen LogP contribution >= 0.6 is 0 Å². The fourth-order valence-electron chi connectivity index (χ4n) is 4.39. The Morgan fingerprint density at radius 3 is 2.85 bits per heavy atom. The van der Waals surface area contributed by atoms with E-state index in [9.17, 15) is 4.79 Å². The van der Waals surface area contributed by atoms with Crippen molar-refractivity contribution in [2.24, 2.45) is 5.92 Å². The molecule has 5 heteroatoms. The van der Waals surface area contributed by atoms with Crippen LogP contribution in [-0.2, 0) is 11.3 Å². The molecule has 0 radical (unpaired) electrons. The van der Waals surface area contributed by atoms with Gasteiger partial charge in [-0.25, -0.2) is 4.79 Å². The Balaban J connectivity index is 1.41. The highest BCUT2D eigenvalue weighted by atomic mass is 16.5. The van der Waals surface area contributed by atoms with Gasteiger partial charge in [0.1, 0.15) is 11.4 Å². The van der Waals surface area contributed by atoms with Gasteiger partial charge >= 0.3 is 5.97 Å². The van der Waals surface area contributed by atoms with Crippen LogP contribution in [0.2, 0.25) is 0 Å². The molecule has 1 saturated heterocycles. The van der Waals surface area contributed by atoms with Crippen molar-refractivity contribution in [3.05, 3.63) is 29.8 Å². The van der Waals surface area contributed by atoms with Gasteiger partial charge in [-0.1, -0.05) is 31.5 Å². The van der Waals surface area contributed by atoms with Gasteiger partial charge in [0.25, 0.3) is 0 Å². The fraction of sp³-hybridized carbons (Fsp3) is 0.591. The highest BCUT2D eigenvalue weighted by Crippen LogP contribution is 2.33. The van der Waals surface area contributed by atoms with E-state index in [2.05, 4.69) is 27.8 Å². The minimum absolute atomic E-state index is 0.178. The van der Waals surface area contributed by atoms with Crippen LogP contribution in [0.25, 0.3) is 10.9 Å². The van der Waals surface area contributed by atoms with E-state index in [1.807, 2.05) is 18.2 Å². The lowest BCUT2D eigenvalue weighted by Crippen LogP contribution is -2.36. The Bertz CT molecular complexity index is 790. The minimum Gasteiger partial charge on any atom is -0.462 e. The maximum Gasteiger partial charge on any atom is 0.342 e. The molecule has 1 N–H and O–H groups in total. The molecule has 3 heterocycles. The lowest BCUT2D eigenvalue weighted by atomic mass is 9.97. The molecule has 0 bridgehead atoms. The summed E-state index contributed by atoms with van der Waals surface area (Å²) < 4.78 is 8.03. The average molecular weight is 370 g/mol. The van der Waals surface area contributed by atoms with E-state index in [4.69, 9.17) is 4.74 Å². The number of fused-ring (bicyclic) bond motifs is 3. The number of para-hydroxylation sites is 1. The summed E-state index contributed by atoms with van der Waals surface area (Å²) in [6.07, 6.45) is 5.87. The van der Waals surface area contributed by atoms with Gasteiger partial charge < -0.3 is 19.5 Å². The molecule has 1 fully saturated rings. The zero-order valence-corrected chi connectivity index (χ0v) is 16.4. The molecule has 5 nitrogen and oxygen atoms in total. The Labute approximate surface area is 161 Å². The van der Waals surface area contributed by atoms with E-state index < -0.39 is 0 Å². The van der Waals surface area contributed by atoms with Crippen LogP contribution in [0.5, 0.6) is 0 Å². The van der Waals surface area contributed by atoms with Crippen LogP contribution in [-0.4, -0.2) is 48.2 Å². The number of likely N-dealkylation sites (tertiary alicyclic amines) is 1. The average Bonchev–Trinajstić information content (AvgIpc) is 3.06. The lowest BCUT2D eigenvalue weighted by molar-refractivity contribution is 0.0375. The van der Waals surface area contributed by atoms with Gasteiger partial charge in [-0.15, -0.1) is 0 Å². The summed E-state index contributed by atoms with van der Waals surface area (Å²) in [6.45, 7) is 8.12. The number of aromatic nitrogens is 1. The van der Waals surface area contributed by atoms with E-state index >= 15 is 0 Å². The van der Waals surface area contributed by atoms with Crippen molar-refractivity contribution in [1.82, 2.24) is 9.47 Å². The Morgan fingerprint density at radius 2 is 2.04 bits per heavy atom. The number of carbonyl (C=O) groups excluding carboxylic acids is 1. The molecule has 2 aliphatic heterocycles. The number of rotatable bonds is 6. The van der Waals surface area contributed by atoms with E-state index in [-0.39, 0.29) is 5.97 Å². The number of hydrogen-bond acceptors (Lipinski definition) is 4. The number of anilines is 1. The van der Waals surface area contributed by atoms with Crippen molar-refractivity contribution in [3.63, 3.8) is 0 Å². The van der Waals surface area contributed by atoms with Crippen LogP contribution in [0.4, 0.5) is 5.82 Å². The second-order valence-corrected chi connectivity index (χ2v) is 7.91. The first kappa shape index (κ1) is 18.4. The Morgan fingerprint density at radius 1 is 1.22 bits per heavy atom. The van der Waals surface area contributed by atoms with Crippen LogP contribution in [0.1, 0.15) is 49.4 Å². The molecule has 0 saturated carbocycles. The van der Waals surface area contributed by atoms with Gasteiger partial charge in [-0.2, -0.15) is 0 Å². The maximum absolute atomic E-state index is 13.0. The van der Waals surface area contributed by atoms with Gasteiger partial charge in [-0.05, 0) is 57.3 Å². The normalized spacial score (nSPS) is 18.3. The van der Waals surface area contributed by atoms with Crippen molar-refractivity contribution < 1.29 is 9.53 Å². The van der Waals surface area contributed by atoms with E-state index in [0.29, 0.717) is 18.1 Å². The van der Waals surface area contributed by atoms with Crippen molar-refractivity contribution in [3.8, 4) is 0 Å². The number of nitrogens with zero attached hydrogens (tertiary/aromatic N) is 2. The molecule has 2 aliphatic rings. The van der Waals surface area contributed by atoms with Crippen LogP contribution in [0, 0.1) is 5.92 Å². The number of esters is 1. The van der Waals surface area contributed by atoms with Gasteiger partial charge in [-0.3, -0.25) is 0 Å². The molecule has 0 atom stereocenters. The number of carbonyl (C=O) groups is 1. The first-order valence-corrected chi connectivity index (χ1v) is 10.5.